The fourth-order valence-corrected chi connectivity index (χ4v) is 4.23. The Kier molecular flexibility index (Phi) is 6.04. The van der Waals surface area contributed by atoms with Gasteiger partial charge in [-0.2, -0.15) is 10.4 Å². The monoisotopic (exact) mass is 373 g/mol. The van der Waals surface area contributed by atoms with Gasteiger partial charge in [-0.25, -0.2) is 0 Å². The van der Waals surface area contributed by atoms with E-state index in [-0.39, 0.29) is 17.9 Å². The van der Waals surface area contributed by atoms with Gasteiger partial charge in [-0.3, -0.25) is 9.48 Å². The Morgan fingerprint density at radius 1 is 1.50 bits per heavy atom. The Bertz CT molecular complexity index is 794. The Morgan fingerprint density at radius 2 is 2.35 bits per heavy atom. The second-order valence-corrected chi connectivity index (χ2v) is 7.61. The summed E-state index contributed by atoms with van der Waals surface area (Å²) < 4.78 is 6.94. The summed E-state index contributed by atoms with van der Waals surface area (Å²) >= 11 is 1.50. The Labute approximate surface area is 157 Å². The predicted molar refractivity (Wildman–Crippen MR) is 98.4 cm³/mol. The minimum absolute atomic E-state index is 0.0110. The van der Waals surface area contributed by atoms with Crippen LogP contribution in [-0.4, -0.2) is 47.4 Å². The molecule has 1 aliphatic heterocycles. The number of carbonyl (C=O) groups excluding carboxylic acids is 1. The lowest BCUT2D eigenvalue weighted by atomic mass is 9.95. The van der Waals surface area contributed by atoms with Crippen molar-refractivity contribution in [3.8, 4) is 6.07 Å². The molecular formula is C18H23N5O2S. The number of hydrogen-bond acceptors (Lipinski definition) is 6. The molecule has 3 heterocycles. The molecule has 0 radical (unpaired) electrons. The standard InChI is InChI=1S/C18H23N5O2S/c1-22-12-14(10-21-22)18-13(7-17(24)23(18)5-6-25-2)9-20-11-16-4-3-15(8-19)26-16/h3-4,10,12-13,18,20H,5-7,9,11H2,1-2H3/t13-,18+/m0/s1. The smallest absolute Gasteiger partial charge is 0.223 e. The number of methoxy groups -OCH3 is 1. The van der Waals surface area contributed by atoms with Gasteiger partial charge in [0.15, 0.2) is 0 Å². The zero-order chi connectivity index (χ0) is 18.5. The predicted octanol–water partition coefficient (Wildman–Crippen LogP) is 1.68. The molecule has 7 nitrogen and oxygen atoms in total. The van der Waals surface area contributed by atoms with E-state index in [0.29, 0.717) is 26.1 Å². The van der Waals surface area contributed by atoms with Gasteiger partial charge in [0, 0.05) is 62.8 Å². The summed E-state index contributed by atoms with van der Waals surface area (Å²) in [6.45, 7) is 2.54. The van der Waals surface area contributed by atoms with Crippen LogP contribution < -0.4 is 5.32 Å². The van der Waals surface area contributed by atoms with Gasteiger partial charge in [0.25, 0.3) is 0 Å². The van der Waals surface area contributed by atoms with Crippen molar-refractivity contribution in [3.63, 3.8) is 0 Å². The van der Waals surface area contributed by atoms with Gasteiger partial charge in [0.05, 0.1) is 18.8 Å². The average molecular weight is 373 g/mol. The van der Waals surface area contributed by atoms with Crippen molar-refractivity contribution in [1.29, 1.82) is 5.26 Å². The van der Waals surface area contributed by atoms with Gasteiger partial charge < -0.3 is 15.0 Å². The van der Waals surface area contributed by atoms with E-state index in [2.05, 4.69) is 16.5 Å². The molecule has 3 rings (SSSR count). The third-order valence-electron chi connectivity index (χ3n) is 4.62. The normalized spacial score (nSPS) is 19.9. The van der Waals surface area contributed by atoms with E-state index < -0.39 is 0 Å². The first-order valence-electron chi connectivity index (χ1n) is 8.59. The molecule has 2 aromatic heterocycles. The van der Waals surface area contributed by atoms with E-state index in [9.17, 15) is 4.79 Å². The van der Waals surface area contributed by atoms with Crippen molar-refractivity contribution in [2.24, 2.45) is 13.0 Å². The minimum Gasteiger partial charge on any atom is -0.383 e. The Hall–Kier alpha value is -2.21. The molecule has 1 amide bonds. The van der Waals surface area contributed by atoms with E-state index in [1.54, 1.807) is 11.8 Å². The fraction of sp³-hybridized carbons (Fsp3) is 0.500. The first kappa shape index (κ1) is 18.6. The van der Waals surface area contributed by atoms with Crippen LogP contribution in [0.5, 0.6) is 0 Å². The summed E-state index contributed by atoms with van der Waals surface area (Å²) in [5, 5.41) is 16.6. The number of aromatic nitrogens is 2. The van der Waals surface area contributed by atoms with E-state index in [1.807, 2.05) is 36.5 Å². The molecule has 1 fully saturated rings. The molecule has 26 heavy (non-hydrogen) atoms. The lowest BCUT2D eigenvalue weighted by Gasteiger charge is -2.27. The number of thiophene rings is 1. The largest absolute Gasteiger partial charge is 0.383 e. The summed E-state index contributed by atoms with van der Waals surface area (Å²) in [6, 6.07) is 5.98. The average Bonchev–Trinajstić information content (AvgIpc) is 3.32. The molecule has 2 atom stereocenters. The summed E-state index contributed by atoms with van der Waals surface area (Å²) in [7, 11) is 3.53. The lowest BCUT2D eigenvalue weighted by molar-refractivity contribution is -0.129. The van der Waals surface area contributed by atoms with Crippen LogP contribution in [0.15, 0.2) is 24.5 Å². The highest BCUT2D eigenvalue weighted by atomic mass is 32.1. The minimum atomic E-state index is 0.0110. The first-order valence-corrected chi connectivity index (χ1v) is 9.40. The molecule has 1 saturated heterocycles. The van der Waals surface area contributed by atoms with Crippen LogP contribution >= 0.6 is 11.3 Å². The van der Waals surface area contributed by atoms with E-state index in [1.165, 1.54) is 11.3 Å². The van der Waals surface area contributed by atoms with Crippen molar-refractivity contribution in [2.45, 2.75) is 19.0 Å². The van der Waals surface area contributed by atoms with E-state index in [4.69, 9.17) is 10.00 Å². The van der Waals surface area contributed by atoms with Crippen LogP contribution in [0.2, 0.25) is 0 Å². The maximum atomic E-state index is 12.5. The molecule has 1 aliphatic rings. The molecule has 0 unspecified atom stereocenters. The third kappa shape index (κ3) is 4.12. The number of nitrogens with zero attached hydrogens (tertiary/aromatic N) is 4. The van der Waals surface area contributed by atoms with Crippen molar-refractivity contribution >= 4 is 17.2 Å². The highest BCUT2D eigenvalue weighted by Gasteiger charge is 2.40. The number of nitriles is 1. The summed E-state index contributed by atoms with van der Waals surface area (Å²) in [4.78, 5) is 16.3. The highest BCUT2D eigenvalue weighted by molar-refractivity contribution is 7.12. The van der Waals surface area contributed by atoms with Crippen LogP contribution in [0.25, 0.3) is 0 Å². The van der Waals surface area contributed by atoms with Crippen LogP contribution in [-0.2, 0) is 23.1 Å². The Morgan fingerprint density at radius 3 is 3.00 bits per heavy atom. The maximum absolute atomic E-state index is 12.5. The second-order valence-electron chi connectivity index (χ2n) is 6.44. The highest BCUT2D eigenvalue weighted by Crippen LogP contribution is 2.37. The molecule has 0 bridgehead atoms. The summed E-state index contributed by atoms with van der Waals surface area (Å²) in [6.07, 6.45) is 4.34. The number of ether oxygens (including phenoxy) is 1. The molecule has 0 spiro atoms. The van der Waals surface area contributed by atoms with Crippen molar-refractivity contribution in [1.82, 2.24) is 20.0 Å². The van der Waals surface area contributed by atoms with Crippen LogP contribution in [0.3, 0.4) is 0 Å². The number of hydrogen-bond donors (Lipinski definition) is 1. The van der Waals surface area contributed by atoms with Gasteiger partial charge in [0.2, 0.25) is 5.91 Å². The zero-order valence-corrected chi connectivity index (χ0v) is 15.8. The number of nitrogens with one attached hydrogen (secondary N) is 1. The van der Waals surface area contributed by atoms with Crippen LogP contribution in [0, 0.1) is 17.2 Å². The van der Waals surface area contributed by atoms with E-state index in [0.717, 1.165) is 21.9 Å². The second kappa shape index (κ2) is 8.45. The number of rotatable bonds is 8. The van der Waals surface area contributed by atoms with Gasteiger partial charge in [-0.15, -0.1) is 11.3 Å². The Balaban J connectivity index is 1.67. The molecule has 0 aromatic carbocycles. The number of aryl methyl sites for hydroxylation is 1. The number of likely N-dealkylation sites (tertiary alicyclic amines) is 1. The third-order valence-corrected chi connectivity index (χ3v) is 5.61. The topological polar surface area (TPSA) is 83.2 Å². The number of amides is 1. The van der Waals surface area contributed by atoms with Gasteiger partial charge in [-0.1, -0.05) is 0 Å². The first-order chi connectivity index (χ1) is 12.6. The zero-order valence-electron chi connectivity index (χ0n) is 15.0. The van der Waals surface area contributed by atoms with Gasteiger partial charge >= 0.3 is 0 Å². The van der Waals surface area contributed by atoms with E-state index >= 15 is 0 Å². The van der Waals surface area contributed by atoms with Crippen molar-refractivity contribution in [2.75, 3.05) is 26.8 Å². The quantitative estimate of drug-likeness (QED) is 0.761. The maximum Gasteiger partial charge on any atom is 0.223 e. The molecule has 138 valence electrons. The van der Waals surface area contributed by atoms with Crippen LogP contribution in [0.4, 0.5) is 0 Å². The fourth-order valence-electron chi connectivity index (χ4n) is 3.46. The van der Waals surface area contributed by atoms with Crippen molar-refractivity contribution in [3.05, 3.63) is 39.8 Å². The van der Waals surface area contributed by atoms with Gasteiger partial charge in [-0.05, 0) is 12.1 Å². The number of carbonyl (C=O) groups is 1. The van der Waals surface area contributed by atoms with Crippen LogP contribution in [0.1, 0.15) is 27.8 Å². The van der Waals surface area contributed by atoms with Gasteiger partial charge in [0.1, 0.15) is 10.9 Å². The molecule has 0 saturated carbocycles. The summed E-state index contributed by atoms with van der Waals surface area (Å²) in [5.74, 6) is 0.338. The molecule has 1 N–H and O–H groups in total. The molecule has 0 aliphatic carbocycles. The molecule has 2 aromatic rings. The molecule has 8 heteroatoms. The summed E-state index contributed by atoms with van der Waals surface area (Å²) in [5.41, 5.74) is 1.06. The lowest BCUT2D eigenvalue weighted by Crippen LogP contribution is -2.33. The SMILES string of the molecule is COCCN1C(=O)C[C@@H](CNCc2ccc(C#N)s2)[C@@H]1c1cnn(C)c1. The molecular weight excluding hydrogens is 350 g/mol. The van der Waals surface area contributed by atoms with Crippen molar-refractivity contribution < 1.29 is 9.53 Å².